The van der Waals surface area contributed by atoms with Gasteiger partial charge in [0, 0.05) is 10.9 Å². The van der Waals surface area contributed by atoms with Crippen LogP contribution in [0, 0.1) is 0 Å². The Morgan fingerprint density at radius 3 is 2.50 bits per heavy atom. The van der Waals surface area contributed by atoms with E-state index in [1.165, 1.54) is 0 Å². The minimum absolute atomic E-state index is 0.401. The first-order valence-corrected chi connectivity index (χ1v) is 7.37. The molecule has 0 spiro atoms. The third kappa shape index (κ3) is 2.23. The van der Waals surface area contributed by atoms with Crippen molar-refractivity contribution in [1.29, 1.82) is 0 Å². The Bertz CT molecular complexity index is 898. The van der Waals surface area contributed by atoms with Crippen LogP contribution >= 0.6 is 12.2 Å². The normalized spacial score (nSPS) is 12.5. The van der Waals surface area contributed by atoms with Crippen molar-refractivity contribution in [2.75, 3.05) is 5.32 Å². The maximum absolute atomic E-state index is 5.74. The van der Waals surface area contributed by atoms with Crippen molar-refractivity contribution in [3.8, 4) is 0 Å². The van der Waals surface area contributed by atoms with Crippen molar-refractivity contribution < 1.29 is 4.74 Å². The van der Waals surface area contributed by atoms with Gasteiger partial charge in [-0.1, -0.05) is 54.6 Å². The van der Waals surface area contributed by atoms with Gasteiger partial charge in [0.25, 0.3) is 0 Å². The van der Waals surface area contributed by atoms with Gasteiger partial charge in [0.1, 0.15) is 0 Å². The smallest absolute Gasteiger partial charge is 0.300 e. The molecule has 3 nitrogen and oxygen atoms in total. The van der Waals surface area contributed by atoms with Gasteiger partial charge >= 0.3 is 6.02 Å². The Balaban J connectivity index is 1.69. The van der Waals surface area contributed by atoms with Crippen molar-refractivity contribution in [1.82, 2.24) is 0 Å². The molecule has 0 amide bonds. The molecule has 0 bridgehead atoms. The number of benzene rings is 3. The second-order valence-corrected chi connectivity index (χ2v) is 5.35. The summed E-state index contributed by atoms with van der Waals surface area (Å²) in [5, 5.41) is 5.85. The van der Waals surface area contributed by atoms with Gasteiger partial charge in [0.2, 0.25) is 5.05 Å². The van der Waals surface area contributed by atoms with E-state index < -0.39 is 0 Å². The van der Waals surface area contributed by atoms with Gasteiger partial charge < -0.3 is 10.1 Å². The number of ether oxygens (including phenoxy) is 1. The number of thiocarbonyl (C=S) groups is 1. The molecular formula is C18H12N2OS. The highest BCUT2D eigenvalue weighted by Gasteiger charge is 2.16. The lowest BCUT2D eigenvalue weighted by molar-refractivity contribution is 0.559. The summed E-state index contributed by atoms with van der Waals surface area (Å²) in [6, 6.07) is 22.2. The number of aliphatic imine (C=N–C) groups is 1. The molecule has 1 N–H and O–H groups in total. The fourth-order valence-corrected chi connectivity index (χ4v) is 2.76. The van der Waals surface area contributed by atoms with Crippen molar-refractivity contribution in [2.24, 2.45) is 4.99 Å². The average molecular weight is 304 g/mol. The lowest BCUT2D eigenvalue weighted by atomic mass is 10.1. The van der Waals surface area contributed by atoms with Gasteiger partial charge in [-0.25, -0.2) is 0 Å². The molecule has 0 aliphatic carbocycles. The Morgan fingerprint density at radius 1 is 0.909 bits per heavy atom. The maximum atomic E-state index is 5.74. The fraction of sp³-hybridized carbons (Fsp3) is 0. The summed E-state index contributed by atoms with van der Waals surface area (Å²) in [6.45, 7) is 0. The molecular weight excluding hydrogens is 292 g/mol. The molecule has 0 saturated heterocycles. The van der Waals surface area contributed by atoms with Crippen LogP contribution in [0.3, 0.4) is 0 Å². The van der Waals surface area contributed by atoms with E-state index in [1.54, 1.807) is 0 Å². The Kier molecular flexibility index (Phi) is 3.09. The first kappa shape index (κ1) is 13.0. The van der Waals surface area contributed by atoms with Gasteiger partial charge in [0.15, 0.2) is 0 Å². The summed E-state index contributed by atoms with van der Waals surface area (Å²) < 4.78 is 5.74. The van der Waals surface area contributed by atoms with Crippen molar-refractivity contribution in [3.63, 3.8) is 0 Å². The van der Waals surface area contributed by atoms with Crippen LogP contribution in [0.15, 0.2) is 71.7 Å². The Hall–Kier alpha value is -2.72. The molecule has 0 aromatic heterocycles. The van der Waals surface area contributed by atoms with E-state index in [4.69, 9.17) is 17.0 Å². The molecule has 0 radical (unpaired) electrons. The van der Waals surface area contributed by atoms with Crippen molar-refractivity contribution in [2.45, 2.75) is 0 Å². The molecule has 0 atom stereocenters. The van der Waals surface area contributed by atoms with E-state index in [0.717, 1.165) is 27.7 Å². The summed E-state index contributed by atoms with van der Waals surface area (Å²) >= 11 is 5.34. The molecule has 1 aliphatic heterocycles. The van der Waals surface area contributed by atoms with Gasteiger partial charge in [-0.05, 0) is 29.7 Å². The number of nitrogens with one attached hydrogen (secondary N) is 1. The van der Waals surface area contributed by atoms with Crippen LogP contribution in [0.2, 0.25) is 0 Å². The zero-order valence-corrected chi connectivity index (χ0v) is 12.4. The maximum Gasteiger partial charge on any atom is 0.300 e. The molecule has 1 aliphatic rings. The lowest BCUT2D eigenvalue weighted by Crippen LogP contribution is -2.21. The molecule has 4 rings (SSSR count). The number of anilines is 1. The zero-order chi connectivity index (χ0) is 14.9. The number of hydrogen-bond acceptors (Lipinski definition) is 4. The highest BCUT2D eigenvalue weighted by molar-refractivity contribution is 7.80. The topological polar surface area (TPSA) is 33.6 Å². The molecule has 0 unspecified atom stereocenters. The zero-order valence-electron chi connectivity index (χ0n) is 11.6. The van der Waals surface area contributed by atoms with Crippen LogP contribution in [0.5, 0.6) is 0 Å². The highest BCUT2D eigenvalue weighted by Crippen LogP contribution is 2.35. The van der Waals surface area contributed by atoms with Crippen LogP contribution in [0.25, 0.3) is 10.8 Å². The Labute approximate surface area is 133 Å². The third-order valence-corrected chi connectivity index (χ3v) is 3.86. The minimum Gasteiger partial charge on any atom is -0.413 e. The number of rotatable bonds is 1. The largest absolute Gasteiger partial charge is 0.413 e. The van der Waals surface area contributed by atoms with Gasteiger partial charge in [-0.3, -0.25) is 0 Å². The van der Waals surface area contributed by atoms with E-state index in [-0.39, 0.29) is 0 Å². The van der Waals surface area contributed by atoms with Crippen LogP contribution in [0.4, 0.5) is 11.4 Å². The molecule has 4 heteroatoms. The Morgan fingerprint density at radius 2 is 1.68 bits per heavy atom. The predicted octanol–water partition coefficient (Wildman–Crippen LogP) is 4.65. The molecule has 106 valence electrons. The van der Waals surface area contributed by atoms with E-state index >= 15 is 0 Å². The van der Waals surface area contributed by atoms with Gasteiger partial charge in [-0.15, -0.1) is 0 Å². The third-order valence-electron chi connectivity index (χ3n) is 3.55. The molecule has 22 heavy (non-hydrogen) atoms. The van der Waals surface area contributed by atoms with E-state index in [1.807, 2.05) is 54.6 Å². The van der Waals surface area contributed by atoms with E-state index in [9.17, 15) is 0 Å². The van der Waals surface area contributed by atoms with E-state index in [2.05, 4.69) is 22.4 Å². The fourth-order valence-electron chi connectivity index (χ4n) is 2.54. The average Bonchev–Trinajstić information content (AvgIpc) is 2.56. The molecule has 1 heterocycles. The minimum atomic E-state index is 0.401. The molecule has 3 aromatic carbocycles. The quantitative estimate of drug-likeness (QED) is 0.665. The van der Waals surface area contributed by atoms with E-state index in [0.29, 0.717) is 11.1 Å². The molecule has 3 aromatic rings. The van der Waals surface area contributed by atoms with Crippen LogP contribution in [-0.2, 0) is 4.74 Å². The van der Waals surface area contributed by atoms with Crippen LogP contribution < -0.4 is 5.32 Å². The predicted molar refractivity (Wildman–Crippen MR) is 93.9 cm³/mol. The monoisotopic (exact) mass is 304 g/mol. The summed E-state index contributed by atoms with van der Waals surface area (Å²) in [5.41, 5.74) is 2.73. The summed E-state index contributed by atoms with van der Waals surface area (Å²) in [5.74, 6) is 0. The summed E-state index contributed by atoms with van der Waals surface area (Å²) in [4.78, 5) is 4.52. The van der Waals surface area contributed by atoms with Crippen LogP contribution in [0.1, 0.15) is 5.56 Å². The van der Waals surface area contributed by atoms with Crippen molar-refractivity contribution >= 4 is 45.4 Å². The first-order chi connectivity index (χ1) is 10.8. The number of amidine groups is 1. The molecule has 0 saturated carbocycles. The summed E-state index contributed by atoms with van der Waals surface area (Å²) in [7, 11) is 0. The number of hydrogen-bond donors (Lipinski definition) is 1. The van der Waals surface area contributed by atoms with Crippen molar-refractivity contribution in [3.05, 3.63) is 72.3 Å². The first-order valence-electron chi connectivity index (χ1n) is 6.96. The van der Waals surface area contributed by atoms with Gasteiger partial charge in [0.05, 0.1) is 11.4 Å². The second kappa shape index (κ2) is 5.24. The summed E-state index contributed by atoms with van der Waals surface area (Å²) in [6.07, 6.45) is 0. The second-order valence-electron chi connectivity index (χ2n) is 4.98. The number of nitrogens with zero attached hydrogens (tertiary/aromatic N) is 1. The lowest BCUT2D eigenvalue weighted by Gasteiger charge is -2.18. The SMILES string of the molecule is S=C(OC1=Nc2cccc3cccc(c23)N1)c1ccccc1. The van der Waals surface area contributed by atoms with Gasteiger partial charge in [-0.2, -0.15) is 4.99 Å². The molecule has 0 fully saturated rings. The highest BCUT2D eigenvalue weighted by atomic mass is 32.1. The standard InChI is InChI=1S/C18H12N2OS/c22-17(13-6-2-1-3-7-13)21-18-19-14-10-4-8-12-9-5-11-15(20-18)16(12)14/h1-11H,(H,19,20). The van der Waals surface area contributed by atoms with Crippen LogP contribution in [-0.4, -0.2) is 11.1 Å².